The lowest BCUT2D eigenvalue weighted by Gasteiger charge is -2.26. The Labute approximate surface area is 171 Å². The molecule has 1 saturated heterocycles. The van der Waals surface area contributed by atoms with Crippen molar-refractivity contribution in [3.8, 4) is 0 Å². The van der Waals surface area contributed by atoms with Crippen molar-refractivity contribution in [2.24, 2.45) is 5.92 Å². The predicted octanol–water partition coefficient (Wildman–Crippen LogP) is 5.40. The summed E-state index contributed by atoms with van der Waals surface area (Å²) in [6, 6.07) is 16.1. The average molecular weight is 397 g/mol. The molecule has 1 heterocycles. The van der Waals surface area contributed by atoms with Crippen molar-refractivity contribution in [1.82, 2.24) is 0 Å². The van der Waals surface area contributed by atoms with Crippen LogP contribution in [0.2, 0.25) is 0 Å². The van der Waals surface area contributed by atoms with Gasteiger partial charge in [0.05, 0.1) is 5.75 Å². The maximum absolute atomic E-state index is 12.7. The summed E-state index contributed by atoms with van der Waals surface area (Å²) < 4.78 is 0. The molecule has 3 rings (SSSR count). The average Bonchev–Trinajstić information content (AvgIpc) is 3.04. The highest BCUT2D eigenvalue weighted by Gasteiger charge is 2.34. The fourth-order valence-corrected chi connectivity index (χ4v) is 4.64. The van der Waals surface area contributed by atoms with Crippen LogP contribution in [0.15, 0.2) is 48.5 Å². The Balaban J connectivity index is 1.81. The molecule has 0 radical (unpaired) electrons. The van der Waals surface area contributed by atoms with E-state index in [9.17, 15) is 9.59 Å². The minimum absolute atomic E-state index is 0.0308. The second-order valence-corrected chi connectivity index (χ2v) is 8.64. The van der Waals surface area contributed by atoms with Crippen LogP contribution in [0.3, 0.4) is 0 Å². The number of hydrogen-bond donors (Lipinski definition) is 1. The molecular formula is C23H28N2O2S. The number of carbonyl (C=O) groups is 2. The number of amides is 2. The quantitative estimate of drug-likeness (QED) is 0.681. The lowest BCUT2D eigenvalue weighted by atomic mass is 10.1. The molecule has 1 fully saturated rings. The van der Waals surface area contributed by atoms with E-state index in [0.29, 0.717) is 18.1 Å². The van der Waals surface area contributed by atoms with Gasteiger partial charge in [-0.05, 0) is 41.7 Å². The van der Waals surface area contributed by atoms with Gasteiger partial charge in [-0.3, -0.25) is 14.5 Å². The van der Waals surface area contributed by atoms with Gasteiger partial charge in [0, 0.05) is 17.8 Å². The largest absolute Gasteiger partial charge is 0.326 e. The summed E-state index contributed by atoms with van der Waals surface area (Å²) in [4.78, 5) is 26.6. The van der Waals surface area contributed by atoms with Crippen LogP contribution in [-0.4, -0.2) is 17.6 Å². The third-order valence-corrected chi connectivity index (χ3v) is 5.92. The zero-order chi connectivity index (χ0) is 20.1. The number of carbonyl (C=O) groups excluding carboxylic acids is 2. The summed E-state index contributed by atoms with van der Waals surface area (Å²) in [7, 11) is 0. The monoisotopic (exact) mass is 396 g/mol. The first-order valence-corrected chi connectivity index (χ1v) is 11.0. The van der Waals surface area contributed by atoms with Gasteiger partial charge in [-0.25, -0.2) is 0 Å². The van der Waals surface area contributed by atoms with Crippen LogP contribution in [0.1, 0.15) is 50.1 Å². The number of anilines is 2. The number of rotatable bonds is 7. The SMILES string of the molecule is CCCc1ccccc1N1C(=O)CS[C@H]1c1ccc(NC(=O)CC(C)C)cc1. The van der Waals surface area contributed by atoms with E-state index >= 15 is 0 Å². The first-order valence-electron chi connectivity index (χ1n) is 9.91. The van der Waals surface area contributed by atoms with Crippen LogP contribution >= 0.6 is 11.8 Å². The molecule has 0 aromatic heterocycles. The van der Waals surface area contributed by atoms with Crippen molar-refractivity contribution in [3.63, 3.8) is 0 Å². The van der Waals surface area contributed by atoms with E-state index in [2.05, 4.69) is 18.3 Å². The molecule has 2 aromatic carbocycles. The first-order chi connectivity index (χ1) is 13.5. The molecule has 2 aromatic rings. The van der Waals surface area contributed by atoms with Crippen LogP contribution < -0.4 is 10.2 Å². The van der Waals surface area contributed by atoms with Crippen molar-refractivity contribution < 1.29 is 9.59 Å². The number of para-hydroxylation sites is 1. The molecule has 0 spiro atoms. The minimum Gasteiger partial charge on any atom is -0.326 e. The molecule has 1 aliphatic heterocycles. The third-order valence-electron chi connectivity index (χ3n) is 4.71. The summed E-state index contributed by atoms with van der Waals surface area (Å²) >= 11 is 1.65. The third kappa shape index (κ3) is 4.76. The summed E-state index contributed by atoms with van der Waals surface area (Å²) in [6.07, 6.45) is 2.51. The van der Waals surface area contributed by atoms with Gasteiger partial charge in [-0.15, -0.1) is 11.8 Å². The van der Waals surface area contributed by atoms with Gasteiger partial charge >= 0.3 is 0 Å². The molecule has 148 valence electrons. The van der Waals surface area contributed by atoms with Gasteiger partial charge in [0.2, 0.25) is 11.8 Å². The van der Waals surface area contributed by atoms with E-state index in [1.807, 2.05) is 61.2 Å². The van der Waals surface area contributed by atoms with Gasteiger partial charge in [0.1, 0.15) is 5.37 Å². The molecule has 4 nitrogen and oxygen atoms in total. The molecule has 0 bridgehead atoms. The van der Waals surface area contributed by atoms with Crippen LogP contribution in [0, 0.1) is 5.92 Å². The highest BCUT2D eigenvalue weighted by atomic mass is 32.2. The molecule has 1 atom stereocenters. The molecule has 1 N–H and O–H groups in total. The highest BCUT2D eigenvalue weighted by molar-refractivity contribution is 8.00. The van der Waals surface area contributed by atoms with Gasteiger partial charge < -0.3 is 5.32 Å². The number of thioether (sulfide) groups is 1. The maximum Gasteiger partial charge on any atom is 0.238 e. The Morgan fingerprint density at radius 2 is 1.89 bits per heavy atom. The zero-order valence-electron chi connectivity index (χ0n) is 16.8. The minimum atomic E-state index is -0.0362. The smallest absolute Gasteiger partial charge is 0.238 e. The van der Waals surface area contributed by atoms with Gasteiger partial charge in [0.15, 0.2) is 0 Å². The molecule has 1 aliphatic rings. The first kappa shape index (κ1) is 20.5. The van der Waals surface area contributed by atoms with E-state index in [1.165, 1.54) is 5.56 Å². The van der Waals surface area contributed by atoms with Crippen molar-refractivity contribution in [3.05, 3.63) is 59.7 Å². The summed E-state index contributed by atoms with van der Waals surface area (Å²) in [5, 5.41) is 2.91. The number of benzene rings is 2. The van der Waals surface area contributed by atoms with Crippen LogP contribution in [-0.2, 0) is 16.0 Å². The number of aryl methyl sites for hydroxylation is 1. The molecule has 28 heavy (non-hydrogen) atoms. The van der Waals surface area contributed by atoms with Gasteiger partial charge in [0.25, 0.3) is 0 Å². The molecule has 5 heteroatoms. The van der Waals surface area contributed by atoms with Crippen molar-refractivity contribution in [2.45, 2.75) is 45.4 Å². The van der Waals surface area contributed by atoms with Crippen LogP contribution in [0.4, 0.5) is 11.4 Å². The number of nitrogens with zero attached hydrogens (tertiary/aromatic N) is 1. The van der Waals surface area contributed by atoms with E-state index in [0.717, 1.165) is 29.8 Å². The highest BCUT2D eigenvalue weighted by Crippen LogP contribution is 2.43. The molecular weight excluding hydrogens is 368 g/mol. The van der Waals surface area contributed by atoms with Gasteiger partial charge in [-0.2, -0.15) is 0 Å². The Kier molecular flexibility index (Phi) is 6.79. The molecule has 0 saturated carbocycles. The second-order valence-electron chi connectivity index (χ2n) is 7.57. The molecule has 0 unspecified atom stereocenters. The van der Waals surface area contributed by atoms with Crippen molar-refractivity contribution in [2.75, 3.05) is 16.0 Å². The number of nitrogens with one attached hydrogen (secondary N) is 1. The normalized spacial score (nSPS) is 16.6. The Hall–Kier alpha value is -2.27. The summed E-state index contributed by atoms with van der Waals surface area (Å²) in [6.45, 7) is 6.21. The summed E-state index contributed by atoms with van der Waals surface area (Å²) in [5.41, 5.74) is 4.09. The zero-order valence-corrected chi connectivity index (χ0v) is 17.6. The molecule has 0 aliphatic carbocycles. The predicted molar refractivity (Wildman–Crippen MR) is 118 cm³/mol. The van der Waals surface area contributed by atoms with E-state index in [4.69, 9.17) is 0 Å². The standard InChI is InChI=1S/C23H28N2O2S/c1-4-7-17-8-5-6-9-20(17)25-22(27)15-28-23(25)18-10-12-19(13-11-18)24-21(26)14-16(2)3/h5-6,8-13,16,23H,4,7,14-15H2,1-3H3,(H,24,26)/t23-/m0/s1. The Bertz CT molecular complexity index is 833. The fraction of sp³-hybridized carbons (Fsp3) is 0.391. The fourth-order valence-electron chi connectivity index (χ4n) is 3.47. The van der Waals surface area contributed by atoms with Crippen LogP contribution in [0.25, 0.3) is 0 Å². The second kappa shape index (κ2) is 9.28. The van der Waals surface area contributed by atoms with Crippen LogP contribution in [0.5, 0.6) is 0 Å². The summed E-state index contributed by atoms with van der Waals surface area (Å²) in [5.74, 6) is 0.992. The van der Waals surface area contributed by atoms with E-state index in [-0.39, 0.29) is 17.2 Å². The molecule has 2 amide bonds. The topological polar surface area (TPSA) is 49.4 Å². The van der Waals surface area contributed by atoms with Gasteiger partial charge in [-0.1, -0.05) is 57.5 Å². The van der Waals surface area contributed by atoms with Crippen molar-refractivity contribution in [1.29, 1.82) is 0 Å². The van der Waals surface area contributed by atoms with E-state index < -0.39 is 0 Å². The van der Waals surface area contributed by atoms with Crippen molar-refractivity contribution >= 4 is 35.0 Å². The lowest BCUT2D eigenvalue weighted by molar-refractivity contribution is -0.117. The van der Waals surface area contributed by atoms with E-state index in [1.54, 1.807) is 11.8 Å². The maximum atomic E-state index is 12.7. The number of hydrogen-bond acceptors (Lipinski definition) is 3. The Morgan fingerprint density at radius 3 is 2.57 bits per heavy atom. The lowest BCUT2D eigenvalue weighted by Crippen LogP contribution is -2.28. The Morgan fingerprint density at radius 1 is 1.18 bits per heavy atom.